The molecule has 0 bridgehead atoms. The van der Waals surface area contributed by atoms with E-state index < -0.39 is 5.91 Å². The van der Waals surface area contributed by atoms with Crippen LogP contribution < -0.4 is 10.6 Å². The van der Waals surface area contributed by atoms with Crippen molar-refractivity contribution in [3.05, 3.63) is 76.5 Å². The minimum absolute atomic E-state index is 0.136. The highest BCUT2D eigenvalue weighted by molar-refractivity contribution is 6.09. The van der Waals surface area contributed by atoms with Crippen LogP contribution in [-0.2, 0) is 4.79 Å². The average Bonchev–Trinajstić information content (AvgIpc) is 3.06. The first-order valence-corrected chi connectivity index (χ1v) is 9.92. The highest BCUT2D eigenvalue weighted by Crippen LogP contribution is 2.31. The summed E-state index contributed by atoms with van der Waals surface area (Å²) in [5.41, 5.74) is 5.36. The van der Waals surface area contributed by atoms with Crippen LogP contribution in [0.4, 0.5) is 5.69 Å². The van der Waals surface area contributed by atoms with Gasteiger partial charge in [0.1, 0.15) is 5.58 Å². The molecule has 3 aromatic carbocycles. The molecule has 4 rings (SSSR count). The van der Waals surface area contributed by atoms with Crippen LogP contribution in [0.25, 0.3) is 21.7 Å². The fraction of sp³-hybridized carbons (Fsp3) is 0.200. The lowest BCUT2D eigenvalue weighted by molar-refractivity contribution is -0.115. The van der Waals surface area contributed by atoms with Gasteiger partial charge in [-0.3, -0.25) is 9.59 Å². The van der Waals surface area contributed by atoms with Gasteiger partial charge in [0.2, 0.25) is 5.91 Å². The Balaban J connectivity index is 1.52. The Bertz CT molecular complexity index is 1280. The van der Waals surface area contributed by atoms with Crippen molar-refractivity contribution in [3.8, 4) is 0 Å². The smallest absolute Gasteiger partial charge is 0.287 e. The third kappa shape index (κ3) is 3.54. The molecule has 0 aliphatic rings. The number of anilines is 1. The molecule has 2 amide bonds. The molecule has 5 heteroatoms. The molecule has 152 valence electrons. The third-order valence-electron chi connectivity index (χ3n) is 5.39. The predicted octanol–water partition coefficient (Wildman–Crippen LogP) is 5.19. The summed E-state index contributed by atoms with van der Waals surface area (Å²) in [6, 6.07) is 15.9. The third-order valence-corrected chi connectivity index (χ3v) is 5.39. The van der Waals surface area contributed by atoms with Crippen LogP contribution in [0, 0.1) is 27.7 Å². The van der Waals surface area contributed by atoms with Gasteiger partial charge in [0, 0.05) is 22.0 Å². The van der Waals surface area contributed by atoms with E-state index in [1.807, 2.05) is 76.2 Å². The van der Waals surface area contributed by atoms with Crippen LogP contribution in [0.1, 0.15) is 32.8 Å². The van der Waals surface area contributed by atoms with E-state index in [-0.39, 0.29) is 18.2 Å². The number of benzene rings is 3. The zero-order valence-electron chi connectivity index (χ0n) is 17.6. The van der Waals surface area contributed by atoms with Gasteiger partial charge in [0.25, 0.3) is 5.91 Å². The minimum Gasteiger partial charge on any atom is -0.450 e. The van der Waals surface area contributed by atoms with E-state index >= 15 is 0 Å². The Morgan fingerprint density at radius 3 is 2.33 bits per heavy atom. The van der Waals surface area contributed by atoms with Crippen molar-refractivity contribution in [1.29, 1.82) is 0 Å². The summed E-state index contributed by atoms with van der Waals surface area (Å²) < 4.78 is 5.93. The molecular formula is C25H24N2O3. The SMILES string of the molecule is Cc1cc(C)c(NC(=O)CNC(=O)c2oc3c(ccc4ccccc43)c2C)c(C)c1. The number of amides is 2. The molecule has 0 unspecified atom stereocenters. The molecule has 0 saturated carbocycles. The summed E-state index contributed by atoms with van der Waals surface area (Å²) in [7, 11) is 0. The second-order valence-electron chi connectivity index (χ2n) is 7.72. The van der Waals surface area contributed by atoms with Gasteiger partial charge in [-0.05, 0) is 44.2 Å². The van der Waals surface area contributed by atoms with Gasteiger partial charge in [-0.15, -0.1) is 0 Å². The second kappa shape index (κ2) is 7.67. The maximum absolute atomic E-state index is 12.7. The number of hydrogen-bond donors (Lipinski definition) is 2. The van der Waals surface area contributed by atoms with Crippen LogP contribution in [0.2, 0.25) is 0 Å². The van der Waals surface area contributed by atoms with Crippen LogP contribution in [0.15, 0.2) is 52.9 Å². The summed E-state index contributed by atoms with van der Waals surface area (Å²) in [6.07, 6.45) is 0. The minimum atomic E-state index is -0.403. The van der Waals surface area contributed by atoms with Crippen molar-refractivity contribution in [2.24, 2.45) is 0 Å². The van der Waals surface area contributed by atoms with E-state index in [0.29, 0.717) is 5.58 Å². The van der Waals surface area contributed by atoms with Crippen LogP contribution in [0.3, 0.4) is 0 Å². The van der Waals surface area contributed by atoms with Gasteiger partial charge in [-0.1, -0.05) is 54.1 Å². The number of carbonyl (C=O) groups excluding carboxylic acids is 2. The lowest BCUT2D eigenvalue weighted by atomic mass is 10.1. The van der Waals surface area contributed by atoms with E-state index in [2.05, 4.69) is 10.6 Å². The molecule has 0 radical (unpaired) electrons. The standard InChI is InChI=1S/C25H24N2O3/c1-14-11-15(2)22(16(3)12-14)27-21(28)13-26-25(29)23-17(4)19-10-9-18-7-5-6-8-20(18)24(19)30-23/h5-12H,13H2,1-4H3,(H,26,29)(H,27,28). The fourth-order valence-electron chi connectivity index (χ4n) is 3.97. The maximum Gasteiger partial charge on any atom is 0.287 e. The first-order valence-electron chi connectivity index (χ1n) is 9.92. The zero-order chi connectivity index (χ0) is 21.4. The van der Waals surface area contributed by atoms with Gasteiger partial charge >= 0.3 is 0 Å². The molecule has 0 spiro atoms. The highest BCUT2D eigenvalue weighted by atomic mass is 16.3. The van der Waals surface area contributed by atoms with E-state index in [0.717, 1.165) is 44.1 Å². The second-order valence-corrected chi connectivity index (χ2v) is 7.72. The maximum atomic E-state index is 12.7. The largest absolute Gasteiger partial charge is 0.450 e. The molecule has 5 nitrogen and oxygen atoms in total. The average molecular weight is 400 g/mol. The summed E-state index contributed by atoms with van der Waals surface area (Å²) in [5.74, 6) is -0.449. The quantitative estimate of drug-likeness (QED) is 0.495. The molecule has 30 heavy (non-hydrogen) atoms. The molecule has 0 aliphatic heterocycles. The first-order chi connectivity index (χ1) is 14.3. The normalized spacial score (nSPS) is 11.1. The Morgan fingerprint density at radius 2 is 1.60 bits per heavy atom. The monoisotopic (exact) mass is 400 g/mol. The zero-order valence-corrected chi connectivity index (χ0v) is 17.6. The number of fused-ring (bicyclic) bond motifs is 3. The topological polar surface area (TPSA) is 71.3 Å². The van der Waals surface area contributed by atoms with Crippen LogP contribution in [0.5, 0.6) is 0 Å². The Morgan fingerprint density at radius 1 is 0.900 bits per heavy atom. The van der Waals surface area contributed by atoms with E-state index in [1.54, 1.807) is 0 Å². The molecule has 1 aromatic heterocycles. The molecule has 4 aromatic rings. The van der Waals surface area contributed by atoms with Crippen LogP contribution >= 0.6 is 0 Å². The van der Waals surface area contributed by atoms with E-state index in [4.69, 9.17) is 4.42 Å². The Hall–Kier alpha value is -3.60. The van der Waals surface area contributed by atoms with Gasteiger partial charge < -0.3 is 15.1 Å². The van der Waals surface area contributed by atoms with Gasteiger partial charge in [-0.25, -0.2) is 0 Å². The number of hydrogen-bond acceptors (Lipinski definition) is 3. The van der Waals surface area contributed by atoms with Crippen molar-refractivity contribution >= 4 is 39.2 Å². The molecule has 0 atom stereocenters. The predicted molar refractivity (Wildman–Crippen MR) is 120 cm³/mol. The summed E-state index contributed by atoms with van der Waals surface area (Å²) in [6.45, 7) is 7.65. The molecular weight excluding hydrogens is 376 g/mol. The van der Waals surface area contributed by atoms with Crippen LogP contribution in [-0.4, -0.2) is 18.4 Å². The fourth-order valence-corrected chi connectivity index (χ4v) is 3.97. The Labute approximate surface area is 175 Å². The highest BCUT2D eigenvalue weighted by Gasteiger charge is 2.19. The van der Waals surface area contributed by atoms with Crippen molar-refractivity contribution < 1.29 is 14.0 Å². The summed E-state index contributed by atoms with van der Waals surface area (Å²) >= 11 is 0. The molecule has 0 saturated heterocycles. The molecule has 0 fully saturated rings. The molecule has 0 aliphatic carbocycles. The molecule has 1 heterocycles. The van der Waals surface area contributed by atoms with Crippen molar-refractivity contribution in [3.63, 3.8) is 0 Å². The number of nitrogens with one attached hydrogen (secondary N) is 2. The number of carbonyl (C=O) groups is 2. The lowest BCUT2D eigenvalue weighted by Crippen LogP contribution is -2.33. The molecule has 2 N–H and O–H groups in total. The van der Waals surface area contributed by atoms with Gasteiger partial charge in [0.05, 0.1) is 6.54 Å². The van der Waals surface area contributed by atoms with Gasteiger partial charge in [-0.2, -0.15) is 0 Å². The van der Waals surface area contributed by atoms with E-state index in [1.165, 1.54) is 0 Å². The number of furan rings is 1. The lowest BCUT2D eigenvalue weighted by Gasteiger charge is -2.13. The van der Waals surface area contributed by atoms with Crippen molar-refractivity contribution in [2.75, 3.05) is 11.9 Å². The van der Waals surface area contributed by atoms with E-state index in [9.17, 15) is 9.59 Å². The Kier molecular flexibility index (Phi) is 5.04. The summed E-state index contributed by atoms with van der Waals surface area (Å²) in [4.78, 5) is 25.1. The number of rotatable bonds is 4. The number of aryl methyl sites for hydroxylation is 4. The van der Waals surface area contributed by atoms with Crippen molar-refractivity contribution in [2.45, 2.75) is 27.7 Å². The first kappa shape index (κ1) is 19.7. The summed E-state index contributed by atoms with van der Waals surface area (Å²) in [5, 5.41) is 8.47. The van der Waals surface area contributed by atoms with Gasteiger partial charge in [0.15, 0.2) is 5.76 Å². The van der Waals surface area contributed by atoms with Crippen molar-refractivity contribution in [1.82, 2.24) is 5.32 Å².